The van der Waals surface area contributed by atoms with Gasteiger partial charge in [-0.2, -0.15) is 0 Å². The minimum Gasteiger partial charge on any atom is -0.497 e. The molecule has 0 heterocycles. The quantitative estimate of drug-likeness (QED) is 0.653. The zero-order valence-corrected chi connectivity index (χ0v) is 12.4. The van der Waals surface area contributed by atoms with Crippen molar-refractivity contribution in [3.63, 3.8) is 0 Å². The molecule has 0 fully saturated rings. The van der Waals surface area contributed by atoms with Crippen molar-refractivity contribution in [2.75, 3.05) is 7.11 Å². The van der Waals surface area contributed by atoms with Gasteiger partial charge in [-0.15, -0.1) is 0 Å². The first-order valence-corrected chi connectivity index (χ1v) is 7.37. The topological polar surface area (TPSA) is 9.23 Å². The van der Waals surface area contributed by atoms with Crippen LogP contribution in [-0.2, 0) is 12.8 Å². The number of ether oxygens (including phenoxy) is 1. The summed E-state index contributed by atoms with van der Waals surface area (Å²) in [6, 6.07) is 17.2. The Bertz CT molecular complexity index is 514. The van der Waals surface area contributed by atoms with Crippen LogP contribution < -0.4 is 4.74 Å². The molecule has 1 heteroatoms. The molecule has 0 unspecified atom stereocenters. The van der Waals surface area contributed by atoms with Crippen LogP contribution in [0.4, 0.5) is 0 Å². The Labute approximate surface area is 122 Å². The lowest BCUT2D eigenvalue weighted by Crippen LogP contribution is -1.90. The van der Waals surface area contributed by atoms with E-state index in [9.17, 15) is 0 Å². The van der Waals surface area contributed by atoms with Crippen LogP contribution in [0, 0.1) is 6.42 Å². The number of aryl methyl sites for hydroxylation is 2. The fourth-order valence-corrected chi connectivity index (χ4v) is 2.29. The number of rotatable bonds is 7. The van der Waals surface area contributed by atoms with Gasteiger partial charge in [0.05, 0.1) is 7.11 Å². The minimum absolute atomic E-state index is 0.946. The molecule has 0 atom stereocenters. The number of methoxy groups -OCH3 is 1. The first kappa shape index (κ1) is 14.6. The van der Waals surface area contributed by atoms with Crippen LogP contribution in [0.25, 0.3) is 0 Å². The van der Waals surface area contributed by atoms with Crippen LogP contribution >= 0.6 is 0 Å². The first-order valence-electron chi connectivity index (χ1n) is 7.37. The molecule has 2 aromatic rings. The Hall–Kier alpha value is -1.76. The molecule has 0 amide bonds. The van der Waals surface area contributed by atoms with Gasteiger partial charge in [-0.1, -0.05) is 43.3 Å². The average molecular weight is 267 g/mol. The first-order chi connectivity index (χ1) is 9.81. The second-order valence-corrected chi connectivity index (χ2v) is 5.04. The minimum atomic E-state index is 0.946. The largest absolute Gasteiger partial charge is 0.497 e. The molecule has 20 heavy (non-hydrogen) atoms. The zero-order chi connectivity index (χ0) is 14.2. The lowest BCUT2D eigenvalue weighted by atomic mass is 10.0. The second-order valence-electron chi connectivity index (χ2n) is 5.04. The second kappa shape index (κ2) is 7.74. The van der Waals surface area contributed by atoms with E-state index in [1.165, 1.54) is 23.1 Å². The highest BCUT2D eigenvalue weighted by molar-refractivity contribution is 5.29. The molecular weight excluding hydrogens is 244 g/mol. The molecule has 0 aliphatic carbocycles. The van der Waals surface area contributed by atoms with E-state index in [2.05, 4.69) is 55.8 Å². The molecule has 0 N–H and O–H groups in total. The summed E-state index contributed by atoms with van der Waals surface area (Å²) in [6.07, 6.45) is 6.81. The molecule has 105 valence electrons. The molecule has 0 aromatic heterocycles. The van der Waals surface area contributed by atoms with E-state index in [0.717, 1.165) is 25.0 Å². The Morgan fingerprint density at radius 1 is 1.00 bits per heavy atom. The molecule has 0 bridgehead atoms. The van der Waals surface area contributed by atoms with Crippen LogP contribution in [0.3, 0.4) is 0 Å². The van der Waals surface area contributed by atoms with Gasteiger partial charge in [-0.3, -0.25) is 0 Å². The highest BCUT2D eigenvalue weighted by Gasteiger charge is 1.98. The van der Waals surface area contributed by atoms with Crippen LogP contribution in [-0.4, -0.2) is 7.11 Å². The van der Waals surface area contributed by atoms with Crippen molar-refractivity contribution in [3.05, 3.63) is 71.6 Å². The molecule has 2 aromatic carbocycles. The van der Waals surface area contributed by atoms with Crippen LogP contribution in [0.2, 0.25) is 0 Å². The van der Waals surface area contributed by atoms with Crippen molar-refractivity contribution >= 4 is 0 Å². The molecule has 0 aliphatic heterocycles. The summed E-state index contributed by atoms with van der Waals surface area (Å²) >= 11 is 0. The smallest absolute Gasteiger partial charge is 0.119 e. The Kier molecular flexibility index (Phi) is 5.67. The van der Waals surface area contributed by atoms with Gasteiger partial charge >= 0.3 is 0 Å². The number of hydrogen-bond donors (Lipinski definition) is 0. The molecule has 0 spiro atoms. The summed E-state index contributed by atoms with van der Waals surface area (Å²) in [5.41, 5.74) is 4.07. The van der Waals surface area contributed by atoms with Crippen molar-refractivity contribution < 1.29 is 4.74 Å². The third-order valence-electron chi connectivity index (χ3n) is 3.57. The molecule has 0 aliphatic rings. The van der Waals surface area contributed by atoms with Gasteiger partial charge in [0.1, 0.15) is 5.75 Å². The van der Waals surface area contributed by atoms with E-state index in [-0.39, 0.29) is 0 Å². The van der Waals surface area contributed by atoms with E-state index >= 15 is 0 Å². The third kappa shape index (κ3) is 4.41. The predicted octanol–water partition coefficient (Wildman–Crippen LogP) is 4.83. The van der Waals surface area contributed by atoms with Crippen molar-refractivity contribution in [1.82, 2.24) is 0 Å². The molecule has 0 saturated heterocycles. The summed E-state index contributed by atoms with van der Waals surface area (Å²) < 4.78 is 5.24. The molecule has 1 radical (unpaired) electrons. The number of hydrogen-bond acceptors (Lipinski definition) is 1. The molecular formula is C19H23O. The Balaban J connectivity index is 1.75. The van der Waals surface area contributed by atoms with Gasteiger partial charge in [0, 0.05) is 0 Å². The zero-order valence-electron chi connectivity index (χ0n) is 12.4. The lowest BCUT2D eigenvalue weighted by Gasteiger charge is -2.05. The van der Waals surface area contributed by atoms with Crippen molar-refractivity contribution in [3.8, 4) is 5.75 Å². The van der Waals surface area contributed by atoms with Gasteiger partial charge < -0.3 is 4.74 Å². The van der Waals surface area contributed by atoms with E-state index < -0.39 is 0 Å². The van der Waals surface area contributed by atoms with Crippen LogP contribution in [0.5, 0.6) is 5.75 Å². The summed E-state index contributed by atoms with van der Waals surface area (Å²) in [5.74, 6) is 0.946. The van der Waals surface area contributed by atoms with Gasteiger partial charge in [0.15, 0.2) is 0 Å². The maximum atomic E-state index is 5.24. The summed E-state index contributed by atoms with van der Waals surface area (Å²) in [4.78, 5) is 0. The number of benzene rings is 2. The molecule has 2 rings (SSSR count). The van der Waals surface area contributed by atoms with Crippen LogP contribution in [0.1, 0.15) is 36.5 Å². The summed E-state index contributed by atoms with van der Waals surface area (Å²) in [5, 5.41) is 0. The predicted molar refractivity (Wildman–Crippen MR) is 85.2 cm³/mol. The summed E-state index contributed by atoms with van der Waals surface area (Å²) in [7, 11) is 1.72. The maximum absolute atomic E-state index is 5.24. The van der Waals surface area contributed by atoms with Gasteiger partial charge in [0.25, 0.3) is 0 Å². The third-order valence-corrected chi connectivity index (χ3v) is 3.57. The van der Waals surface area contributed by atoms with Gasteiger partial charge in [-0.05, 0) is 60.9 Å². The fraction of sp³-hybridized carbons (Fsp3) is 0.316. The summed E-state index contributed by atoms with van der Waals surface area (Å²) in [6.45, 7) is 2.19. The van der Waals surface area contributed by atoms with E-state index in [1.807, 2.05) is 6.07 Å². The monoisotopic (exact) mass is 267 g/mol. The Morgan fingerprint density at radius 3 is 2.50 bits per heavy atom. The highest BCUT2D eigenvalue weighted by atomic mass is 16.5. The number of unbranched alkanes of at least 4 members (excludes halogenated alkanes) is 1. The van der Waals surface area contributed by atoms with Crippen molar-refractivity contribution in [2.45, 2.75) is 32.6 Å². The lowest BCUT2D eigenvalue weighted by molar-refractivity contribution is 0.414. The van der Waals surface area contributed by atoms with Crippen molar-refractivity contribution in [1.29, 1.82) is 0 Å². The molecule has 1 nitrogen and oxygen atoms in total. The highest BCUT2D eigenvalue weighted by Crippen LogP contribution is 2.16. The van der Waals surface area contributed by atoms with E-state index in [1.54, 1.807) is 7.11 Å². The van der Waals surface area contributed by atoms with Crippen molar-refractivity contribution in [2.24, 2.45) is 0 Å². The SMILES string of the molecule is CCc1ccc([CH]CCCc2cccc(OC)c2)cc1. The van der Waals surface area contributed by atoms with Gasteiger partial charge in [0.2, 0.25) is 0 Å². The fourth-order valence-electron chi connectivity index (χ4n) is 2.29. The van der Waals surface area contributed by atoms with E-state index in [0.29, 0.717) is 0 Å². The van der Waals surface area contributed by atoms with E-state index in [4.69, 9.17) is 4.74 Å². The van der Waals surface area contributed by atoms with Gasteiger partial charge in [-0.25, -0.2) is 0 Å². The standard InChI is InChI=1S/C19H23O/c1-3-16-11-13-17(14-12-16)7-4-5-8-18-9-6-10-19(15-18)20-2/h6-7,9-15H,3-5,8H2,1-2H3. The Morgan fingerprint density at radius 2 is 1.80 bits per heavy atom. The molecule has 0 saturated carbocycles. The average Bonchev–Trinajstić information content (AvgIpc) is 2.52. The normalized spacial score (nSPS) is 10.5. The maximum Gasteiger partial charge on any atom is 0.119 e. The van der Waals surface area contributed by atoms with Crippen LogP contribution in [0.15, 0.2) is 48.5 Å².